The molecule has 5 heteroatoms. The second-order valence-electron chi connectivity index (χ2n) is 6.37. The Bertz CT molecular complexity index is 883. The summed E-state index contributed by atoms with van der Waals surface area (Å²) in [5, 5.41) is 4.93. The molecule has 0 fully saturated rings. The summed E-state index contributed by atoms with van der Waals surface area (Å²) in [4.78, 5) is 21.2. The van der Waals surface area contributed by atoms with Gasteiger partial charge in [-0.1, -0.05) is 60.3 Å². The van der Waals surface area contributed by atoms with Crippen molar-refractivity contribution in [2.45, 2.75) is 37.8 Å². The van der Waals surface area contributed by atoms with Crippen molar-refractivity contribution in [1.82, 2.24) is 15.3 Å². The SMILES string of the molecule is Cc1nc(SCC(=O)N[C@H](C)CCc2ccccc2)c2ccccc2n1. The lowest BCUT2D eigenvalue weighted by atomic mass is 10.1. The number of para-hydroxylation sites is 1. The van der Waals surface area contributed by atoms with Gasteiger partial charge in [0, 0.05) is 11.4 Å². The third-order valence-corrected chi connectivity index (χ3v) is 5.13. The first-order chi connectivity index (χ1) is 12.6. The summed E-state index contributed by atoms with van der Waals surface area (Å²) < 4.78 is 0. The van der Waals surface area contributed by atoms with Crippen LogP contribution in [0.4, 0.5) is 0 Å². The Morgan fingerprint density at radius 2 is 1.81 bits per heavy atom. The molecule has 4 nitrogen and oxygen atoms in total. The van der Waals surface area contributed by atoms with E-state index >= 15 is 0 Å². The standard InChI is InChI=1S/C21H23N3OS/c1-15(12-13-17-8-4-3-5-9-17)22-20(25)14-26-21-18-10-6-7-11-19(18)23-16(2)24-21/h3-11,15H,12-14H2,1-2H3,(H,22,25)/t15-/m1/s1. The highest BCUT2D eigenvalue weighted by Gasteiger charge is 2.11. The number of hydrogen-bond donors (Lipinski definition) is 1. The van der Waals surface area contributed by atoms with E-state index < -0.39 is 0 Å². The number of hydrogen-bond acceptors (Lipinski definition) is 4. The molecule has 2 aromatic carbocycles. The lowest BCUT2D eigenvalue weighted by Crippen LogP contribution is -2.34. The van der Waals surface area contributed by atoms with Gasteiger partial charge in [-0.15, -0.1) is 0 Å². The highest BCUT2D eigenvalue weighted by Crippen LogP contribution is 2.24. The molecule has 0 aliphatic heterocycles. The van der Waals surface area contributed by atoms with Gasteiger partial charge in [-0.3, -0.25) is 4.79 Å². The van der Waals surface area contributed by atoms with E-state index in [1.165, 1.54) is 17.3 Å². The topological polar surface area (TPSA) is 54.9 Å². The number of aromatic nitrogens is 2. The fourth-order valence-electron chi connectivity index (χ4n) is 2.82. The molecular formula is C21H23N3OS. The molecule has 26 heavy (non-hydrogen) atoms. The molecule has 3 rings (SSSR count). The number of fused-ring (bicyclic) bond motifs is 1. The molecule has 1 aromatic heterocycles. The van der Waals surface area contributed by atoms with Gasteiger partial charge in [0.1, 0.15) is 10.9 Å². The second-order valence-corrected chi connectivity index (χ2v) is 7.34. The number of nitrogens with one attached hydrogen (secondary N) is 1. The quantitative estimate of drug-likeness (QED) is 0.504. The minimum Gasteiger partial charge on any atom is -0.353 e. The van der Waals surface area contributed by atoms with Gasteiger partial charge < -0.3 is 5.32 Å². The maximum Gasteiger partial charge on any atom is 0.230 e. The molecule has 0 unspecified atom stereocenters. The van der Waals surface area contributed by atoms with Crippen molar-refractivity contribution in [2.75, 3.05) is 5.75 Å². The average molecular weight is 366 g/mol. The number of thioether (sulfide) groups is 1. The number of rotatable bonds is 7. The Balaban J connectivity index is 1.52. The zero-order chi connectivity index (χ0) is 18.4. The molecule has 134 valence electrons. The number of nitrogens with zero attached hydrogens (tertiary/aromatic N) is 2. The third kappa shape index (κ3) is 5.05. The van der Waals surface area contributed by atoms with Crippen LogP contribution in [0.2, 0.25) is 0 Å². The van der Waals surface area contributed by atoms with Crippen molar-refractivity contribution >= 4 is 28.6 Å². The fourth-order valence-corrected chi connectivity index (χ4v) is 3.69. The van der Waals surface area contributed by atoms with Gasteiger partial charge in [0.25, 0.3) is 0 Å². The first-order valence-electron chi connectivity index (χ1n) is 8.81. The monoisotopic (exact) mass is 365 g/mol. The second kappa shape index (κ2) is 8.81. The summed E-state index contributed by atoms with van der Waals surface area (Å²) in [5.41, 5.74) is 2.21. The maximum atomic E-state index is 12.3. The summed E-state index contributed by atoms with van der Waals surface area (Å²) in [6, 6.07) is 18.4. The molecule has 0 aliphatic carbocycles. The van der Waals surface area contributed by atoms with Gasteiger partial charge in [-0.2, -0.15) is 0 Å². The first kappa shape index (κ1) is 18.4. The van der Waals surface area contributed by atoms with E-state index in [2.05, 4.69) is 34.3 Å². The number of amides is 1. The fraction of sp³-hybridized carbons (Fsp3) is 0.286. The largest absolute Gasteiger partial charge is 0.353 e. The summed E-state index contributed by atoms with van der Waals surface area (Å²) in [6.07, 6.45) is 1.89. The highest BCUT2D eigenvalue weighted by molar-refractivity contribution is 8.00. The lowest BCUT2D eigenvalue weighted by Gasteiger charge is -2.14. The number of carbonyl (C=O) groups is 1. The molecule has 0 radical (unpaired) electrons. The lowest BCUT2D eigenvalue weighted by molar-refractivity contribution is -0.119. The van der Waals surface area contributed by atoms with Crippen LogP contribution in [0.15, 0.2) is 59.6 Å². The first-order valence-corrected chi connectivity index (χ1v) is 9.80. The Labute approximate surface area is 158 Å². The van der Waals surface area contributed by atoms with Crippen LogP contribution < -0.4 is 5.32 Å². The molecule has 3 aromatic rings. The zero-order valence-corrected chi connectivity index (χ0v) is 15.9. The molecule has 0 aliphatic rings. The summed E-state index contributed by atoms with van der Waals surface area (Å²) >= 11 is 1.47. The van der Waals surface area contributed by atoms with E-state index in [-0.39, 0.29) is 11.9 Å². The van der Waals surface area contributed by atoms with Crippen LogP contribution >= 0.6 is 11.8 Å². The van der Waals surface area contributed by atoms with Gasteiger partial charge >= 0.3 is 0 Å². The zero-order valence-electron chi connectivity index (χ0n) is 15.1. The van der Waals surface area contributed by atoms with Crippen molar-refractivity contribution in [1.29, 1.82) is 0 Å². The molecule has 1 atom stereocenters. The van der Waals surface area contributed by atoms with Crippen LogP contribution in [0.3, 0.4) is 0 Å². The predicted octanol–water partition coefficient (Wildman–Crippen LogP) is 4.17. The highest BCUT2D eigenvalue weighted by atomic mass is 32.2. The van der Waals surface area contributed by atoms with Gasteiger partial charge in [0.05, 0.1) is 11.3 Å². The van der Waals surface area contributed by atoms with Crippen LogP contribution in [-0.2, 0) is 11.2 Å². The molecule has 0 spiro atoms. The molecule has 1 heterocycles. The smallest absolute Gasteiger partial charge is 0.230 e. The van der Waals surface area contributed by atoms with Crippen molar-refractivity contribution in [3.63, 3.8) is 0 Å². The van der Waals surface area contributed by atoms with Gasteiger partial charge in [-0.25, -0.2) is 9.97 Å². The van der Waals surface area contributed by atoms with E-state index in [4.69, 9.17) is 0 Å². The van der Waals surface area contributed by atoms with Gasteiger partial charge in [0.2, 0.25) is 5.91 Å². The Morgan fingerprint density at radius 1 is 1.08 bits per heavy atom. The summed E-state index contributed by atoms with van der Waals surface area (Å²) in [7, 11) is 0. The minimum absolute atomic E-state index is 0.0379. The summed E-state index contributed by atoms with van der Waals surface area (Å²) in [5.74, 6) is 1.12. The average Bonchev–Trinajstić information content (AvgIpc) is 2.65. The molecular weight excluding hydrogens is 342 g/mol. The van der Waals surface area contributed by atoms with Crippen LogP contribution in [0.5, 0.6) is 0 Å². The molecule has 1 amide bonds. The Kier molecular flexibility index (Phi) is 6.23. The molecule has 0 saturated carbocycles. The number of carbonyl (C=O) groups excluding carboxylic acids is 1. The minimum atomic E-state index is 0.0379. The van der Waals surface area contributed by atoms with E-state index in [1.807, 2.05) is 49.4 Å². The van der Waals surface area contributed by atoms with E-state index in [0.717, 1.165) is 34.6 Å². The van der Waals surface area contributed by atoms with Crippen molar-refractivity contribution in [2.24, 2.45) is 0 Å². The van der Waals surface area contributed by atoms with E-state index in [0.29, 0.717) is 5.75 Å². The summed E-state index contributed by atoms with van der Waals surface area (Å²) in [6.45, 7) is 3.93. The van der Waals surface area contributed by atoms with E-state index in [1.54, 1.807) is 0 Å². The van der Waals surface area contributed by atoms with Crippen molar-refractivity contribution < 1.29 is 4.79 Å². The predicted molar refractivity (Wildman–Crippen MR) is 107 cm³/mol. The van der Waals surface area contributed by atoms with Crippen LogP contribution in [0, 0.1) is 6.92 Å². The number of aryl methyl sites for hydroxylation is 2. The molecule has 1 N–H and O–H groups in total. The van der Waals surface area contributed by atoms with Crippen LogP contribution in [-0.4, -0.2) is 27.7 Å². The Morgan fingerprint density at radius 3 is 2.62 bits per heavy atom. The number of benzene rings is 2. The van der Waals surface area contributed by atoms with Crippen molar-refractivity contribution in [3.8, 4) is 0 Å². The van der Waals surface area contributed by atoms with E-state index in [9.17, 15) is 4.79 Å². The molecule has 0 saturated heterocycles. The van der Waals surface area contributed by atoms with Crippen LogP contribution in [0.25, 0.3) is 10.9 Å². The third-order valence-electron chi connectivity index (χ3n) is 4.14. The normalized spacial score (nSPS) is 12.1. The van der Waals surface area contributed by atoms with Crippen molar-refractivity contribution in [3.05, 3.63) is 66.0 Å². The molecule has 0 bridgehead atoms. The Hall–Kier alpha value is -2.40. The van der Waals surface area contributed by atoms with Crippen LogP contribution in [0.1, 0.15) is 24.7 Å². The maximum absolute atomic E-state index is 12.3. The van der Waals surface area contributed by atoms with Gasteiger partial charge in [0.15, 0.2) is 0 Å². The van der Waals surface area contributed by atoms with Gasteiger partial charge in [-0.05, 0) is 38.3 Å².